The van der Waals surface area contributed by atoms with E-state index in [4.69, 9.17) is 0 Å². The maximum Gasteiger partial charge on any atom is 0.289 e. The molecule has 3 fully saturated rings. The molecule has 23 heavy (non-hydrogen) atoms. The van der Waals surface area contributed by atoms with Gasteiger partial charge in [0.15, 0.2) is 0 Å². The highest BCUT2D eigenvalue weighted by atomic mass is 32.2. The van der Waals surface area contributed by atoms with Crippen LogP contribution in [0.4, 0.5) is 0 Å². The van der Waals surface area contributed by atoms with Crippen molar-refractivity contribution < 1.29 is 14.4 Å². The number of likely N-dealkylation sites (N-methyl/N-ethyl adjacent to an activating group) is 1. The Morgan fingerprint density at radius 1 is 1.22 bits per heavy atom. The van der Waals surface area contributed by atoms with Crippen molar-refractivity contribution in [1.29, 1.82) is 0 Å². The van der Waals surface area contributed by atoms with Gasteiger partial charge in [0.25, 0.3) is 5.91 Å². The SMILES string of the molecule is CN1CC2(CC1C(=O)NCC(=O)C(=O)NC1CC1)SCCCS2. The largest absolute Gasteiger partial charge is 0.347 e. The fourth-order valence-electron chi connectivity index (χ4n) is 2.98. The molecule has 3 aliphatic rings. The molecule has 8 heteroatoms. The first kappa shape index (κ1) is 17.1. The van der Waals surface area contributed by atoms with Crippen LogP contribution < -0.4 is 10.6 Å². The standard InChI is InChI=1S/C15H23N3O3S2/c1-18-9-15(22-5-2-6-23-15)7-11(18)13(20)16-8-12(19)14(21)17-10-3-4-10/h10-11H,2-9H2,1H3,(H,16,20)(H,17,21). The summed E-state index contributed by atoms with van der Waals surface area (Å²) in [5, 5.41) is 5.29. The number of carbonyl (C=O) groups is 3. The topological polar surface area (TPSA) is 78.5 Å². The summed E-state index contributed by atoms with van der Waals surface area (Å²) in [7, 11) is 1.95. The van der Waals surface area contributed by atoms with Gasteiger partial charge in [0, 0.05) is 12.6 Å². The van der Waals surface area contributed by atoms with Crippen LogP contribution in [-0.4, -0.2) is 70.3 Å². The quantitative estimate of drug-likeness (QED) is 0.686. The van der Waals surface area contributed by atoms with Crippen LogP contribution in [-0.2, 0) is 14.4 Å². The Kier molecular flexibility index (Phi) is 5.22. The lowest BCUT2D eigenvalue weighted by Crippen LogP contribution is -2.46. The van der Waals surface area contributed by atoms with Crippen LogP contribution in [0.1, 0.15) is 25.7 Å². The number of likely N-dealkylation sites (tertiary alicyclic amines) is 1. The summed E-state index contributed by atoms with van der Waals surface area (Å²) in [6.07, 6.45) is 3.90. The van der Waals surface area contributed by atoms with Gasteiger partial charge in [0.05, 0.1) is 16.7 Å². The number of carbonyl (C=O) groups excluding carboxylic acids is 3. The van der Waals surface area contributed by atoms with Crippen molar-refractivity contribution >= 4 is 41.1 Å². The first-order valence-electron chi connectivity index (χ1n) is 8.09. The van der Waals surface area contributed by atoms with E-state index in [9.17, 15) is 14.4 Å². The van der Waals surface area contributed by atoms with Crippen molar-refractivity contribution in [3.05, 3.63) is 0 Å². The van der Waals surface area contributed by atoms with Gasteiger partial charge in [-0.3, -0.25) is 19.3 Å². The van der Waals surface area contributed by atoms with E-state index in [1.807, 2.05) is 30.6 Å². The highest BCUT2D eigenvalue weighted by Crippen LogP contribution is 2.49. The number of nitrogens with one attached hydrogen (secondary N) is 2. The maximum absolute atomic E-state index is 12.4. The minimum Gasteiger partial charge on any atom is -0.347 e. The Labute approximate surface area is 144 Å². The zero-order chi connectivity index (χ0) is 16.4. The average molecular weight is 358 g/mol. The summed E-state index contributed by atoms with van der Waals surface area (Å²) < 4.78 is 0.113. The van der Waals surface area contributed by atoms with Gasteiger partial charge < -0.3 is 10.6 Å². The lowest BCUT2D eigenvalue weighted by atomic mass is 10.2. The molecule has 1 aliphatic carbocycles. The molecule has 0 aromatic rings. The zero-order valence-corrected chi connectivity index (χ0v) is 14.9. The molecule has 0 bridgehead atoms. The van der Waals surface area contributed by atoms with Crippen LogP contribution in [0.15, 0.2) is 0 Å². The normalized spacial score (nSPS) is 26.9. The zero-order valence-electron chi connectivity index (χ0n) is 13.3. The molecule has 0 aromatic heterocycles. The molecule has 2 heterocycles. The minimum atomic E-state index is -0.581. The van der Waals surface area contributed by atoms with Crippen molar-refractivity contribution in [2.75, 3.05) is 31.6 Å². The number of hydrogen-bond donors (Lipinski definition) is 2. The maximum atomic E-state index is 12.4. The molecular weight excluding hydrogens is 334 g/mol. The van der Waals surface area contributed by atoms with E-state index < -0.39 is 11.7 Å². The Hall–Kier alpha value is -0.730. The van der Waals surface area contributed by atoms with Gasteiger partial charge in [-0.15, -0.1) is 23.5 Å². The predicted molar refractivity (Wildman–Crippen MR) is 92.5 cm³/mol. The second kappa shape index (κ2) is 7.03. The number of hydrogen-bond acceptors (Lipinski definition) is 6. The molecule has 0 radical (unpaired) electrons. The summed E-state index contributed by atoms with van der Waals surface area (Å²) in [4.78, 5) is 37.8. The van der Waals surface area contributed by atoms with E-state index >= 15 is 0 Å². The summed E-state index contributed by atoms with van der Waals surface area (Å²) >= 11 is 3.90. The van der Waals surface area contributed by atoms with Crippen LogP contribution in [0.2, 0.25) is 0 Å². The van der Waals surface area contributed by atoms with Crippen molar-refractivity contribution in [3.8, 4) is 0 Å². The summed E-state index contributed by atoms with van der Waals surface area (Å²) in [5.41, 5.74) is 0. The highest BCUT2D eigenvalue weighted by molar-refractivity contribution is 8.18. The molecule has 1 spiro atoms. The lowest BCUT2D eigenvalue weighted by Gasteiger charge is -2.31. The smallest absolute Gasteiger partial charge is 0.289 e. The van der Waals surface area contributed by atoms with Gasteiger partial charge in [0.1, 0.15) is 0 Å². The van der Waals surface area contributed by atoms with E-state index in [-0.39, 0.29) is 28.6 Å². The molecule has 0 aromatic carbocycles. The number of thioether (sulfide) groups is 2. The van der Waals surface area contributed by atoms with Crippen LogP contribution in [0.5, 0.6) is 0 Å². The number of rotatable bonds is 5. The number of Topliss-reactive ketones (excluding diaryl/α,β-unsaturated/α-hetero) is 1. The number of amides is 2. The third kappa shape index (κ3) is 4.22. The van der Waals surface area contributed by atoms with Gasteiger partial charge in [-0.25, -0.2) is 0 Å². The predicted octanol–water partition coefficient (Wildman–Crippen LogP) is 0.221. The average Bonchev–Trinajstić information content (AvgIpc) is 3.29. The van der Waals surface area contributed by atoms with Crippen molar-refractivity contribution in [1.82, 2.24) is 15.5 Å². The van der Waals surface area contributed by atoms with Crippen LogP contribution in [0, 0.1) is 0 Å². The molecule has 2 N–H and O–H groups in total. The molecule has 1 atom stereocenters. The molecule has 1 saturated carbocycles. The molecule has 6 nitrogen and oxygen atoms in total. The molecular formula is C15H23N3O3S2. The van der Waals surface area contributed by atoms with Gasteiger partial charge in [-0.05, 0) is 44.2 Å². The summed E-state index contributed by atoms with van der Waals surface area (Å²) in [5.74, 6) is 0.998. The Balaban J connectivity index is 1.47. The van der Waals surface area contributed by atoms with E-state index in [0.29, 0.717) is 0 Å². The first-order chi connectivity index (χ1) is 11.0. The second-order valence-corrected chi connectivity index (χ2v) is 9.70. The fourth-order valence-corrected chi connectivity index (χ4v) is 6.46. The second-order valence-electron chi connectivity index (χ2n) is 6.48. The van der Waals surface area contributed by atoms with Crippen LogP contribution in [0.3, 0.4) is 0 Å². The first-order valence-corrected chi connectivity index (χ1v) is 10.1. The van der Waals surface area contributed by atoms with Crippen molar-refractivity contribution in [2.24, 2.45) is 0 Å². The van der Waals surface area contributed by atoms with Gasteiger partial charge in [0.2, 0.25) is 11.7 Å². The van der Waals surface area contributed by atoms with E-state index in [0.717, 1.165) is 37.3 Å². The Bertz CT molecular complexity index is 504. The van der Waals surface area contributed by atoms with Gasteiger partial charge in [-0.2, -0.15) is 0 Å². The van der Waals surface area contributed by atoms with Gasteiger partial charge >= 0.3 is 0 Å². The molecule has 2 saturated heterocycles. The van der Waals surface area contributed by atoms with Gasteiger partial charge in [-0.1, -0.05) is 0 Å². The molecule has 3 rings (SSSR count). The van der Waals surface area contributed by atoms with E-state index in [2.05, 4.69) is 15.5 Å². The lowest BCUT2D eigenvalue weighted by molar-refractivity contribution is -0.138. The van der Waals surface area contributed by atoms with Crippen molar-refractivity contribution in [2.45, 2.75) is 41.8 Å². The van der Waals surface area contributed by atoms with E-state index in [1.54, 1.807) is 0 Å². The Morgan fingerprint density at radius 2 is 1.91 bits per heavy atom. The Morgan fingerprint density at radius 3 is 2.57 bits per heavy atom. The van der Waals surface area contributed by atoms with Crippen LogP contribution in [0.25, 0.3) is 0 Å². The summed E-state index contributed by atoms with van der Waals surface area (Å²) in [6, 6.07) is -0.0595. The summed E-state index contributed by atoms with van der Waals surface area (Å²) in [6.45, 7) is 0.672. The minimum absolute atomic E-state index is 0.113. The molecule has 128 valence electrons. The molecule has 2 aliphatic heterocycles. The highest BCUT2D eigenvalue weighted by Gasteiger charge is 2.47. The number of ketones is 1. The molecule has 1 unspecified atom stereocenters. The third-order valence-corrected chi connectivity index (χ3v) is 7.77. The monoisotopic (exact) mass is 357 g/mol. The third-order valence-electron chi connectivity index (χ3n) is 4.44. The van der Waals surface area contributed by atoms with Crippen LogP contribution >= 0.6 is 23.5 Å². The van der Waals surface area contributed by atoms with E-state index in [1.165, 1.54) is 6.42 Å². The van der Waals surface area contributed by atoms with Crippen molar-refractivity contribution in [3.63, 3.8) is 0 Å². The fraction of sp³-hybridized carbons (Fsp3) is 0.800. The molecule has 2 amide bonds. The number of nitrogens with zero attached hydrogens (tertiary/aromatic N) is 1.